The van der Waals surface area contributed by atoms with Crippen LogP contribution in [0.4, 0.5) is 57.0 Å². The van der Waals surface area contributed by atoms with Crippen LogP contribution < -0.4 is 15.4 Å². The first-order chi connectivity index (χ1) is 17.7. The molecule has 1 fully saturated rings. The fourth-order valence-corrected chi connectivity index (χ4v) is 4.03. The quantitative estimate of drug-likeness (QED) is 0.303. The van der Waals surface area contributed by atoms with Gasteiger partial charge in [0.15, 0.2) is 0 Å². The molecule has 0 bridgehead atoms. The van der Waals surface area contributed by atoms with E-state index in [9.17, 15) is 39.5 Å². The zero-order valence-corrected chi connectivity index (χ0v) is 19.2. The van der Waals surface area contributed by atoms with E-state index in [1.165, 1.54) is 18.2 Å². The minimum atomic E-state index is -5.13. The third-order valence-electron chi connectivity index (χ3n) is 5.69. The van der Waals surface area contributed by atoms with Gasteiger partial charge < -0.3 is 15.4 Å². The number of halogens is 9. The second kappa shape index (κ2) is 10.2. The molecule has 204 valence electrons. The van der Waals surface area contributed by atoms with Gasteiger partial charge in [-0.1, -0.05) is 25.0 Å². The third kappa shape index (κ3) is 6.98. The minimum Gasteiger partial charge on any atom is -0.406 e. The average molecular weight is 550 g/mol. The van der Waals surface area contributed by atoms with Gasteiger partial charge in [0.25, 0.3) is 0 Å². The first-order valence-corrected chi connectivity index (χ1v) is 11.2. The van der Waals surface area contributed by atoms with Crippen molar-refractivity contribution < 1.29 is 44.3 Å². The molecule has 0 atom stereocenters. The Morgan fingerprint density at radius 3 is 2.13 bits per heavy atom. The Bertz CT molecular complexity index is 1280. The predicted octanol–water partition coefficient (Wildman–Crippen LogP) is 8.18. The Hall–Kier alpha value is -3.71. The summed E-state index contributed by atoms with van der Waals surface area (Å²) in [6.45, 7) is 0. The van der Waals surface area contributed by atoms with E-state index < -0.39 is 41.3 Å². The van der Waals surface area contributed by atoms with Crippen LogP contribution in [0.3, 0.4) is 0 Å². The number of aromatic nitrogens is 2. The topological polar surface area (TPSA) is 59.1 Å². The van der Waals surface area contributed by atoms with E-state index in [1.807, 2.05) is 0 Å². The predicted molar refractivity (Wildman–Crippen MR) is 120 cm³/mol. The van der Waals surface area contributed by atoms with E-state index in [0.29, 0.717) is 12.1 Å². The summed E-state index contributed by atoms with van der Waals surface area (Å²) in [6.07, 6.45) is -11.7. The van der Waals surface area contributed by atoms with Crippen LogP contribution in [0.15, 0.2) is 48.5 Å². The van der Waals surface area contributed by atoms with Crippen LogP contribution in [0.1, 0.15) is 36.8 Å². The van der Waals surface area contributed by atoms with Gasteiger partial charge in [0.1, 0.15) is 11.6 Å². The van der Waals surface area contributed by atoms with Gasteiger partial charge >= 0.3 is 18.7 Å². The summed E-state index contributed by atoms with van der Waals surface area (Å²) in [5.74, 6) is -0.780. The van der Waals surface area contributed by atoms with Gasteiger partial charge in [0, 0.05) is 17.7 Å². The van der Waals surface area contributed by atoms with Crippen molar-refractivity contribution >= 4 is 17.5 Å². The van der Waals surface area contributed by atoms with Gasteiger partial charge in [-0.15, -0.1) is 13.2 Å². The molecule has 1 aliphatic rings. The normalized spacial score (nSPS) is 15.0. The Morgan fingerprint density at radius 1 is 0.789 bits per heavy atom. The highest BCUT2D eigenvalue weighted by molar-refractivity contribution is 5.70. The Kier molecular flexibility index (Phi) is 7.35. The van der Waals surface area contributed by atoms with Crippen molar-refractivity contribution in [1.29, 1.82) is 0 Å². The number of hydrogen-bond acceptors (Lipinski definition) is 5. The first-order valence-electron chi connectivity index (χ1n) is 11.2. The lowest BCUT2D eigenvalue weighted by molar-refractivity contribution is -0.274. The molecule has 1 saturated carbocycles. The first kappa shape index (κ1) is 27.3. The van der Waals surface area contributed by atoms with Crippen LogP contribution in [-0.2, 0) is 12.4 Å². The maximum absolute atomic E-state index is 13.6. The molecule has 1 aliphatic carbocycles. The van der Waals surface area contributed by atoms with Gasteiger partial charge in [-0.25, -0.2) is 4.98 Å². The lowest BCUT2D eigenvalue weighted by Gasteiger charge is -2.18. The molecule has 4 rings (SSSR count). The second-order valence-electron chi connectivity index (χ2n) is 8.54. The maximum Gasteiger partial charge on any atom is 0.573 e. The summed E-state index contributed by atoms with van der Waals surface area (Å²) >= 11 is 0. The van der Waals surface area contributed by atoms with E-state index in [0.717, 1.165) is 37.8 Å². The van der Waals surface area contributed by atoms with Crippen LogP contribution >= 0.6 is 0 Å². The number of alkyl halides is 9. The van der Waals surface area contributed by atoms with Crippen molar-refractivity contribution in [3.05, 3.63) is 59.7 Å². The number of rotatable bonds is 6. The molecule has 5 nitrogen and oxygen atoms in total. The summed E-state index contributed by atoms with van der Waals surface area (Å²) in [4.78, 5) is 8.45. The van der Waals surface area contributed by atoms with Crippen LogP contribution in [0.2, 0.25) is 0 Å². The van der Waals surface area contributed by atoms with Crippen molar-refractivity contribution in [1.82, 2.24) is 9.97 Å². The third-order valence-corrected chi connectivity index (χ3v) is 5.69. The molecular formula is C24H19F9N4O. The van der Waals surface area contributed by atoms with E-state index in [-0.39, 0.29) is 35.1 Å². The largest absolute Gasteiger partial charge is 0.573 e. The Balaban J connectivity index is 1.75. The molecule has 0 spiro atoms. The summed E-state index contributed by atoms with van der Waals surface area (Å²) < 4.78 is 122. The number of nitrogens with one attached hydrogen (secondary N) is 2. The fourth-order valence-electron chi connectivity index (χ4n) is 4.03. The van der Waals surface area contributed by atoms with Gasteiger partial charge in [0.2, 0.25) is 5.95 Å². The van der Waals surface area contributed by atoms with Gasteiger partial charge in [-0.05, 0) is 43.2 Å². The van der Waals surface area contributed by atoms with Crippen molar-refractivity contribution in [2.75, 3.05) is 10.6 Å². The van der Waals surface area contributed by atoms with Gasteiger partial charge in [-0.2, -0.15) is 31.3 Å². The second-order valence-corrected chi connectivity index (χ2v) is 8.54. The number of anilines is 3. The summed E-state index contributed by atoms with van der Waals surface area (Å²) in [5.41, 5.74) is -3.58. The van der Waals surface area contributed by atoms with Crippen molar-refractivity contribution in [2.45, 2.75) is 50.4 Å². The number of hydrogen-bond donors (Lipinski definition) is 2. The highest BCUT2D eigenvalue weighted by Crippen LogP contribution is 2.40. The standard InChI is InChI=1S/C24H19F9N4O/c25-22(26,27)14-8-9-18(17(11-14)23(28,29)30)35-20-12-19(36-21(37-20)34-15-5-1-2-6-15)13-4-3-7-16(10-13)38-24(31,32)33/h3-4,7-12,15H,1-2,5-6H2,(H2,34,35,36,37). The SMILES string of the molecule is FC(F)(F)Oc1cccc(-c2cc(Nc3ccc(C(F)(F)F)cc3C(F)(F)F)nc(NC3CCCC3)n2)c1. The lowest BCUT2D eigenvalue weighted by atomic mass is 10.1. The highest BCUT2D eigenvalue weighted by Gasteiger charge is 2.38. The zero-order valence-electron chi connectivity index (χ0n) is 19.2. The molecule has 0 amide bonds. The van der Waals surface area contributed by atoms with Gasteiger partial charge in [0.05, 0.1) is 22.5 Å². The molecule has 1 aromatic heterocycles. The smallest absolute Gasteiger partial charge is 0.406 e. The van der Waals surface area contributed by atoms with Crippen molar-refractivity contribution in [2.24, 2.45) is 0 Å². The minimum absolute atomic E-state index is 0.0138. The molecule has 0 aliphatic heterocycles. The fraction of sp³-hybridized carbons (Fsp3) is 0.333. The van der Waals surface area contributed by atoms with Crippen LogP contribution in [0.5, 0.6) is 5.75 Å². The van der Waals surface area contributed by atoms with Crippen LogP contribution in [-0.4, -0.2) is 22.4 Å². The monoisotopic (exact) mass is 550 g/mol. The molecule has 14 heteroatoms. The maximum atomic E-state index is 13.6. The molecule has 3 aromatic rings. The van der Waals surface area contributed by atoms with Crippen LogP contribution in [0, 0.1) is 0 Å². The summed E-state index contributed by atoms with van der Waals surface area (Å²) in [5, 5.41) is 5.46. The lowest BCUT2D eigenvalue weighted by Crippen LogP contribution is -2.18. The molecule has 2 N–H and O–H groups in total. The Labute approximate surface area is 210 Å². The highest BCUT2D eigenvalue weighted by atomic mass is 19.4. The summed E-state index contributed by atoms with van der Waals surface area (Å²) in [7, 11) is 0. The molecule has 0 unspecified atom stereocenters. The molecule has 0 radical (unpaired) electrons. The van der Waals surface area contributed by atoms with E-state index >= 15 is 0 Å². The van der Waals surface area contributed by atoms with Crippen molar-refractivity contribution in [3.8, 4) is 17.0 Å². The molecule has 38 heavy (non-hydrogen) atoms. The summed E-state index contributed by atoms with van der Waals surface area (Å²) in [6, 6.07) is 7.04. The van der Waals surface area contributed by atoms with E-state index in [2.05, 4.69) is 25.3 Å². The number of benzene rings is 2. The Morgan fingerprint density at radius 2 is 1.50 bits per heavy atom. The average Bonchev–Trinajstić information content (AvgIpc) is 3.30. The molecule has 2 aromatic carbocycles. The van der Waals surface area contributed by atoms with E-state index in [4.69, 9.17) is 0 Å². The van der Waals surface area contributed by atoms with Crippen LogP contribution in [0.25, 0.3) is 11.3 Å². The molecular weight excluding hydrogens is 531 g/mol. The number of ether oxygens (including phenoxy) is 1. The zero-order chi connectivity index (χ0) is 27.7. The number of nitrogens with zero attached hydrogens (tertiary/aromatic N) is 2. The van der Waals surface area contributed by atoms with E-state index in [1.54, 1.807) is 0 Å². The molecule has 1 heterocycles. The van der Waals surface area contributed by atoms with Gasteiger partial charge in [-0.3, -0.25) is 0 Å². The van der Waals surface area contributed by atoms with Crippen molar-refractivity contribution in [3.63, 3.8) is 0 Å². The molecule has 0 saturated heterocycles.